The van der Waals surface area contributed by atoms with Crippen LogP contribution in [0.25, 0.3) is 11.4 Å². The number of nitrogens with zero attached hydrogens (tertiary/aromatic N) is 3. The third-order valence-electron chi connectivity index (χ3n) is 5.67. The Balaban J connectivity index is 1.54. The predicted molar refractivity (Wildman–Crippen MR) is 119 cm³/mol. The summed E-state index contributed by atoms with van der Waals surface area (Å²) in [7, 11) is 3.40. The minimum Gasteiger partial charge on any atom is -0.496 e. The molecule has 0 bridgehead atoms. The van der Waals surface area contributed by atoms with Crippen LogP contribution in [0.5, 0.6) is 5.75 Å². The number of H-pyrrole nitrogens is 1. The van der Waals surface area contributed by atoms with Crippen LogP contribution < -0.4 is 10.3 Å². The number of hydrogen-bond donors (Lipinski definition) is 1. The Morgan fingerprint density at radius 2 is 2.13 bits per heavy atom. The van der Waals surface area contributed by atoms with E-state index in [0.29, 0.717) is 12.4 Å². The van der Waals surface area contributed by atoms with Gasteiger partial charge in [0.1, 0.15) is 11.6 Å². The molecule has 0 radical (unpaired) electrons. The SMILES string of the molecule is COCc1ccc(OC)c(CN2CCC[C@H](c3cc(=O)[nH]c(-c4cccnc4)n3)C2)c1. The maximum atomic E-state index is 12.3. The third-order valence-corrected chi connectivity index (χ3v) is 5.67. The first-order valence-corrected chi connectivity index (χ1v) is 10.5. The lowest BCUT2D eigenvalue weighted by atomic mass is 9.94. The van der Waals surface area contributed by atoms with Crippen LogP contribution >= 0.6 is 0 Å². The van der Waals surface area contributed by atoms with E-state index in [1.54, 1.807) is 32.7 Å². The second-order valence-electron chi connectivity index (χ2n) is 7.91. The summed E-state index contributed by atoms with van der Waals surface area (Å²) in [5.74, 6) is 1.66. The van der Waals surface area contributed by atoms with Crippen LogP contribution in [-0.2, 0) is 17.9 Å². The monoisotopic (exact) mass is 420 g/mol. The van der Waals surface area contributed by atoms with E-state index in [2.05, 4.69) is 20.9 Å². The molecule has 2 aromatic heterocycles. The summed E-state index contributed by atoms with van der Waals surface area (Å²) >= 11 is 0. The van der Waals surface area contributed by atoms with Gasteiger partial charge in [-0.15, -0.1) is 0 Å². The summed E-state index contributed by atoms with van der Waals surface area (Å²) in [4.78, 5) is 26.5. The molecule has 0 amide bonds. The molecule has 0 unspecified atom stereocenters. The standard InChI is InChI=1S/C24H28N4O3/c1-30-16-17-7-8-22(31-2)20(11-17)15-28-10-4-6-19(14-28)21-12-23(29)27-24(26-21)18-5-3-9-25-13-18/h3,5,7-9,11-13,19H,4,6,10,14-16H2,1-2H3,(H,26,27,29)/t19-/m0/s1. The van der Waals surface area contributed by atoms with Gasteiger partial charge in [-0.25, -0.2) is 4.98 Å². The number of rotatable bonds is 7. The van der Waals surface area contributed by atoms with Gasteiger partial charge in [-0.1, -0.05) is 6.07 Å². The lowest BCUT2D eigenvalue weighted by molar-refractivity contribution is 0.183. The van der Waals surface area contributed by atoms with Crippen LogP contribution in [0.4, 0.5) is 0 Å². The molecule has 1 N–H and O–H groups in total. The van der Waals surface area contributed by atoms with Crippen LogP contribution in [0.3, 0.4) is 0 Å². The molecule has 1 aliphatic rings. The highest BCUT2D eigenvalue weighted by Gasteiger charge is 2.24. The number of methoxy groups -OCH3 is 2. The van der Waals surface area contributed by atoms with Crippen LogP contribution in [0.1, 0.15) is 35.6 Å². The molecule has 1 saturated heterocycles. The van der Waals surface area contributed by atoms with Crippen molar-refractivity contribution < 1.29 is 9.47 Å². The maximum absolute atomic E-state index is 12.3. The number of piperidine rings is 1. The molecule has 0 saturated carbocycles. The summed E-state index contributed by atoms with van der Waals surface area (Å²) in [6.07, 6.45) is 5.50. The molecule has 0 aliphatic carbocycles. The molecule has 3 aromatic rings. The van der Waals surface area contributed by atoms with Gasteiger partial charge in [-0.05, 0) is 49.2 Å². The zero-order valence-corrected chi connectivity index (χ0v) is 18.0. The lowest BCUT2D eigenvalue weighted by Crippen LogP contribution is -2.34. The molecular formula is C24H28N4O3. The van der Waals surface area contributed by atoms with Crippen molar-refractivity contribution in [1.82, 2.24) is 19.9 Å². The molecule has 162 valence electrons. The first-order chi connectivity index (χ1) is 15.2. The molecular weight excluding hydrogens is 392 g/mol. The predicted octanol–water partition coefficient (Wildman–Crippen LogP) is 3.37. The van der Waals surface area contributed by atoms with Crippen LogP contribution in [0.2, 0.25) is 0 Å². The van der Waals surface area contributed by atoms with Gasteiger partial charge in [0.25, 0.3) is 5.56 Å². The van der Waals surface area contributed by atoms with E-state index < -0.39 is 0 Å². The number of likely N-dealkylation sites (tertiary alicyclic amines) is 1. The smallest absolute Gasteiger partial charge is 0.251 e. The quantitative estimate of drug-likeness (QED) is 0.631. The number of benzene rings is 1. The van der Waals surface area contributed by atoms with Gasteiger partial charge >= 0.3 is 0 Å². The molecule has 4 rings (SSSR count). The summed E-state index contributed by atoms with van der Waals surface area (Å²) < 4.78 is 10.9. The highest BCUT2D eigenvalue weighted by Crippen LogP contribution is 2.29. The number of hydrogen-bond acceptors (Lipinski definition) is 6. The minimum atomic E-state index is -0.130. The summed E-state index contributed by atoms with van der Waals surface area (Å²) in [5.41, 5.74) is 3.80. The third kappa shape index (κ3) is 5.18. The fourth-order valence-electron chi connectivity index (χ4n) is 4.22. The van der Waals surface area contributed by atoms with Crippen molar-refractivity contribution >= 4 is 0 Å². The van der Waals surface area contributed by atoms with E-state index in [4.69, 9.17) is 14.5 Å². The van der Waals surface area contributed by atoms with Gasteiger partial charge in [0.2, 0.25) is 0 Å². The molecule has 1 aliphatic heterocycles. The normalized spacial score (nSPS) is 16.9. The van der Waals surface area contributed by atoms with Gasteiger partial charge in [0, 0.05) is 55.7 Å². The average Bonchev–Trinajstić information content (AvgIpc) is 2.80. The highest BCUT2D eigenvalue weighted by atomic mass is 16.5. The number of pyridine rings is 1. The maximum Gasteiger partial charge on any atom is 0.251 e. The Bertz CT molecular complexity index is 1070. The topological polar surface area (TPSA) is 80.3 Å². The molecule has 7 heteroatoms. The van der Waals surface area contributed by atoms with Crippen molar-refractivity contribution in [3.05, 3.63) is 76.0 Å². The molecule has 1 fully saturated rings. The Kier molecular flexibility index (Phi) is 6.74. The van der Waals surface area contributed by atoms with Gasteiger partial charge in [0.05, 0.1) is 19.4 Å². The lowest BCUT2D eigenvalue weighted by Gasteiger charge is -2.33. The Morgan fingerprint density at radius 1 is 1.23 bits per heavy atom. The Hall–Kier alpha value is -3.03. The average molecular weight is 421 g/mol. The van der Waals surface area contributed by atoms with E-state index >= 15 is 0 Å². The first-order valence-electron chi connectivity index (χ1n) is 10.5. The molecule has 0 spiro atoms. The zero-order chi connectivity index (χ0) is 21.6. The van der Waals surface area contributed by atoms with Crippen molar-refractivity contribution in [2.45, 2.75) is 31.9 Å². The van der Waals surface area contributed by atoms with Crippen LogP contribution in [0, 0.1) is 0 Å². The van der Waals surface area contributed by atoms with E-state index in [1.807, 2.05) is 24.3 Å². The highest BCUT2D eigenvalue weighted by molar-refractivity contribution is 5.52. The van der Waals surface area contributed by atoms with E-state index in [-0.39, 0.29) is 11.5 Å². The zero-order valence-electron chi connectivity index (χ0n) is 18.0. The van der Waals surface area contributed by atoms with E-state index in [9.17, 15) is 4.79 Å². The van der Waals surface area contributed by atoms with Crippen LogP contribution in [-0.4, -0.2) is 47.2 Å². The van der Waals surface area contributed by atoms with Gasteiger partial charge in [-0.2, -0.15) is 0 Å². The molecule has 1 aromatic carbocycles. The molecule has 1 atom stereocenters. The summed E-state index contributed by atoms with van der Waals surface area (Å²) in [5, 5.41) is 0. The summed E-state index contributed by atoms with van der Waals surface area (Å²) in [6.45, 7) is 3.22. The molecule has 3 heterocycles. The number of aromatic amines is 1. The van der Waals surface area contributed by atoms with E-state index in [0.717, 1.165) is 60.6 Å². The van der Waals surface area contributed by atoms with Crippen LogP contribution in [0.15, 0.2) is 53.6 Å². The van der Waals surface area contributed by atoms with Crippen molar-refractivity contribution in [3.63, 3.8) is 0 Å². The minimum absolute atomic E-state index is 0.130. The Morgan fingerprint density at radius 3 is 2.90 bits per heavy atom. The van der Waals surface area contributed by atoms with Crippen molar-refractivity contribution in [2.75, 3.05) is 27.3 Å². The second kappa shape index (κ2) is 9.85. The van der Waals surface area contributed by atoms with Crippen molar-refractivity contribution in [2.24, 2.45) is 0 Å². The fraction of sp³-hybridized carbons (Fsp3) is 0.375. The van der Waals surface area contributed by atoms with Gasteiger partial charge < -0.3 is 14.5 Å². The fourth-order valence-corrected chi connectivity index (χ4v) is 4.22. The Labute approximate surface area is 182 Å². The molecule has 31 heavy (non-hydrogen) atoms. The summed E-state index contributed by atoms with van der Waals surface area (Å²) in [6, 6.07) is 11.6. The first kappa shape index (κ1) is 21.2. The van der Waals surface area contributed by atoms with Gasteiger partial charge in [-0.3, -0.25) is 14.7 Å². The van der Waals surface area contributed by atoms with E-state index in [1.165, 1.54) is 0 Å². The molecule has 7 nitrogen and oxygen atoms in total. The van der Waals surface area contributed by atoms with Gasteiger partial charge in [0.15, 0.2) is 0 Å². The second-order valence-corrected chi connectivity index (χ2v) is 7.91. The van der Waals surface area contributed by atoms with Crippen molar-refractivity contribution in [1.29, 1.82) is 0 Å². The number of nitrogens with one attached hydrogen (secondary N) is 1. The largest absolute Gasteiger partial charge is 0.496 e. The number of aromatic nitrogens is 3. The van der Waals surface area contributed by atoms with Crippen molar-refractivity contribution in [3.8, 4) is 17.1 Å². The number of ether oxygens (including phenoxy) is 2.